The van der Waals surface area contributed by atoms with Gasteiger partial charge in [-0.2, -0.15) is 0 Å². The standard InChI is InChI=1S/C11H17FN2O3S/c1-17-6-2-5-14-18(15,16)11-4-3-9(8-13)7-10(11)12/h3-4,7,14H,2,5-6,8,13H2,1H3. The number of sulfonamides is 1. The average Bonchev–Trinajstić information content (AvgIpc) is 2.34. The van der Waals surface area contributed by atoms with Crippen LogP contribution in [0.3, 0.4) is 0 Å². The summed E-state index contributed by atoms with van der Waals surface area (Å²) in [5.41, 5.74) is 5.89. The van der Waals surface area contributed by atoms with Gasteiger partial charge in [0.05, 0.1) is 0 Å². The lowest BCUT2D eigenvalue weighted by molar-refractivity contribution is 0.196. The van der Waals surface area contributed by atoms with Crippen LogP contribution in [0.1, 0.15) is 12.0 Å². The lowest BCUT2D eigenvalue weighted by Crippen LogP contribution is -2.26. The van der Waals surface area contributed by atoms with Gasteiger partial charge in [-0.25, -0.2) is 17.5 Å². The minimum absolute atomic E-state index is 0.165. The highest BCUT2D eigenvalue weighted by Crippen LogP contribution is 2.15. The Kier molecular flexibility index (Phi) is 5.67. The van der Waals surface area contributed by atoms with E-state index in [4.69, 9.17) is 10.5 Å². The molecule has 1 aromatic rings. The fourth-order valence-electron chi connectivity index (χ4n) is 1.39. The maximum Gasteiger partial charge on any atom is 0.243 e. The molecule has 102 valence electrons. The first-order valence-corrected chi connectivity index (χ1v) is 6.96. The largest absolute Gasteiger partial charge is 0.385 e. The van der Waals surface area contributed by atoms with Crippen LogP contribution in [0.2, 0.25) is 0 Å². The van der Waals surface area contributed by atoms with Crippen LogP contribution >= 0.6 is 0 Å². The Hall–Kier alpha value is -1.02. The summed E-state index contributed by atoms with van der Waals surface area (Å²) in [7, 11) is -2.29. The molecule has 1 aromatic carbocycles. The van der Waals surface area contributed by atoms with Crippen LogP contribution in [0.15, 0.2) is 23.1 Å². The third-order valence-corrected chi connectivity index (χ3v) is 3.83. The topological polar surface area (TPSA) is 81.4 Å². The van der Waals surface area contributed by atoms with Crippen molar-refractivity contribution in [1.82, 2.24) is 4.72 Å². The van der Waals surface area contributed by atoms with E-state index in [1.54, 1.807) is 0 Å². The Morgan fingerprint density at radius 2 is 2.17 bits per heavy atom. The normalized spacial score (nSPS) is 11.7. The predicted octanol–water partition coefficient (Wildman–Crippen LogP) is 0.599. The molecular formula is C11H17FN2O3S. The van der Waals surface area contributed by atoms with Gasteiger partial charge in [-0.1, -0.05) is 6.07 Å². The van der Waals surface area contributed by atoms with E-state index < -0.39 is 15.8 Å². The van der Waals surface area contributed by atoms with Gasteiger partial charge in [-0.05, 0) is 24.1 Å². The Morgan fingerprint density at radius 3 is 2.72 bits per heavy atom. The van der Waals surface area contributed by atoms with Crippen molar-refractivity contribution in [3.8, 4) is 0 Å². The average molecular weight is 276 g/mol. The molecule has 0 aliphatic carbocycles. The molecule has 7 heteroatoms. The van der Waals surface area contributed by atoms with Gasteiger partial charge in [0.2, 0.25) is 10.0 Å². The second-order valence-electron chi connectivity index (χ2n) is 3.71. The summed E-state index contributed by atoms with van der Waals surface area (Å²) < 4.78 is 44.3. The first-order chi connectivity index (χ1) is 8.51. The minimum Gasteiger partial charge on any atom is -0.385 e. The van der Waals surface area contributed by atoms with Crippen molar-refractivity contribution >= 4 is 10.0 Å². The van der Waals surface area contributed by atoms with Crippen LogP contribution in [-0.2, 0) is 21.3 Å². The molecule has 0 unspecified atom stereocenters. The molecular weight excluding hydrogens is 259 g/mol. The van der Waals surface area contributed by atoms with E-state index in [2.05, 4.69) is 4.72 Å². The summed E-state index contributed by atoms with van der Waals surface area (Å²) in [6.07, 6.45) is 0.526. The van der Waals surface area contributed by atoms with E-state index in [-0.39, 0.29) is 18.0 Å². The van der Waals surface area contributed by atoms with Gasteiger partial charge in [-0.15, -0.1) is 0 Å². The molecule has 0 amide bonds. The van der Waals surface area contributed by atoms with E-state index in [1.165, 1.54) is 19.2 Å². The number of ether oxygens (including phenoxy) is 1. The van der Waals surface area contributed by atoms with E-state index in [9.17, 15) is 12.8 Å². The molecule has 0 bridgehead atoms. The van der Waals surface area contributed by atoms with E-state index in [1.807, 2.05) is 0 Å². The van der Waals surface area contributed by atoms with Gasteiger partial charge >= 0.3 is 0 Å². The summed E-state index contributed by atoms with van der Waals surface area (Å²) in [4.78, 5) is -0.364. The van der Waals surface area contributed by atoms with Crippen LogP contribution in [0.25, 0.3) is 0 Å². The summed E-state index contributed by atoms with van der Waals surface area (Å²) in [5, 5.41) is 0. The first-order valence-electron chi connectivity index (χ1n) is 5.48. The summed E-state index contributed by atoms with van der Waals surface area (Å²) >= 11 is 0. The van der Waals surface area contributed by atoms with Crippen LogP contribution < -0.4 is 10.5 Å². The number of rotatable bonds is 7. The van der Waals surface area contributed by atoms with Crippen molar-refractivity contribution in [1.29, 1.82) is 0 Å². The fourth-order valence-corrected chi connectivity index (χ4v) is 2.52. The molecule has 0 aromatic heterocycles. The molecule has 0 heterocycles. The Labute approximate surface area is 106 Å². The Balaban J connectivity index is 2.78. The van der Waals surface area contributed by atoms with E-state index in [0.29, 0.717) is 18.6 Å². The summed E-state index contributed by atoms with van der Waals surface area (Å²) in [5.74, 6) is -0.794. The van der Waals surface area contributed by atoms with Gasteiger partial charge < -0.3 is 10.5 Å². The van der Waals surface area contributed by atoms with Gasteiger partial charge in [0.25, 0.3) is 0 Å². The molecule has 0 radical (unpaired) electrons. The van der Waals surface area contributed by atoms with Crippen molar-refractivity contribution in [3.63, 3.8) is 0 Å². The molecule has 18 heavy (non-hydrogen) atoms. The van der Waals surface area contributed by atoms with Crippen LogP contribution in [0, 0.1) is 5.82 Å². The molecule has 0 fully saturated rings. The van der Waals surface area contributed by atoms with Crippen LogP contribution in [0.4, 0.5) is 4.39 Å². The minimum atomic E-state index is -3.82. The van der Waals surface area contributed by atoms with Gasteiger partial charge in [0.15, 0.2) is 0 Å². The zero-order valence-electron chi connectivity index (χ0n) is 10.1. The van der Waals surface area contributed by atoms with Crippen LogP contribution in [-0.4, -0.2) is 28.7 Å². The van der Waals surface area contributed by atoms with Crippen LogP contribution in [0.5, 0.6) is 0 Å². The highest BCUT2D eigenvalue weighted by atomic mass is 32.2. The van der Waals surface area contributed by atoms with Crippen molar-refractivity contribution in [3.05, 3.63) is 29.6 Å². The summed E-state index contributed by atoms with van der Waals surface area (Å²) in [6, 6.07) is 3.84. The molecule has 0 saturated carbocycles. The van der Waals surface area contributed by atoms with Crippen molar-refractivity contribution in [2.45, 2.75) is 17.9 Å². The lowest BCUT2D eigenvalue weighted by atomic mass is 10.2. The monoisotopic (exact) mass is 276 g/mol. The van der Waals surface area contributed by atoms with Gasteiger partial charge in [0, 0.05) is 26.8 Å². The van der Waals surface area contributed by atoms with E-state index in [0.717, 1.165) is 6.07 Å². The highest BCUT2D eigenvalue weighted by Gasteiger charge is 2.18. The molecule has 3 N–H and O–H groups in total. The maximum atomic E-state index is 13.6. The molecule has 0 aliphatic heterocycles. The van der Waals surface area contributed by atoms with Gasteiger partial charge in [0.1, 0.15) is 10.7 Å². The first kappa shape index (κ1) is 15.0. The lowest BCUT2D eigenvalue weighted by Gasteiger charge is -2.08. The Bertz CT molecular complexity index is 491. The second kappa shape index (κ2) is 6.79. The third-order valence-electron chi connectivity index (χ3n) is 2.34. The second-order valence-corrected chi connectivity index (χ2v) is 5.45. The number of halogens is 1. The zero-order chi connectivity index (χ0) is 13.6. The number of methoxy groups -OCH3 is 1. The van der Waals surface area contributed by atoms with Crippen molar-refractivity contribution in [2.75, 3.05) is 20.3 Å². The number of hydrogen-bond acceptors (Lipinski definition) is 4. The summed E-state index contributed by atoms with van der Waals surface area (Å²) in [6.45, 7) is 0.809. The molecule has 5 nitrogen and oxygen atoms in total. The fraction of sp³-hybridized carbons (Fsp3) is 0.455. The number of benzene rings is 1. The SMILES string of the molecule is COCCCNS(=O)(=O)c1ccc(CN)cc1F. The maximum absolute atomic E-state index is 13.6. The number of nitrogens with one attached hydrogen (secondary N) is 1. The zero-order valence-corrected chi connectivity index (χ0v) is 11.0. The van der Waals surface area contributed by atoms with Crippen molar-refractivity contribution in [2.24, 2.45) is 5.73 Å². The number of nitrogens with two attached hydrogens (primary N) is 1. The smallest absolute Gasteiger partial charge is 0.243 e. The third kappa shape index (κ3) is 4.02. The number of hydrogen-bond donors (Lipinski definition) is 2. The highest BCUT2D eigenvalue weighted by molar-refractivity contribution is 7.89. The van der Waals surface area contributed by atoms with Crippen molar-refractivity contribution < 1.29 is 17.5 Å². The molecule has 0 atom stereocenters. The molecule has 0 aliphatic rings. The van der Waals surface area contributed by atoms with Gasteiger partial charge in [-0.3, -0.25) is 0 Å². The molecule has 0 spiro atoms. The quantitative estimate of drug-likeness (QED) is 0.715. The Morgan fingerprint density at radius 1 is 1.44 bits per heavy atom. The van der Waals surface area contributed by atoms with E-state index >= 15 is 0 Å². The molecule has 1 rings (SSSR count). The predicted molar refractivity (Wildman–Crippen MR) is 66.0 cm³/mol. The molecule has 0 saturated heterocycles.